The summed E-state index contributed by atoms with van der Waals surface area (Å²) in [4.78, 5) is 20.2. The van der Waals surface area contributed by atoms with E-state index in [4.69, 9.17) is 4.42 Å². The largest absolute Gasteiger partial charge is 0.459 e. The number of hydrogen-bond acceptors (Lipinski definition) is 5. The first-order valence-corrected chi connectivity index (χ1v) is 9.01. The number of carbonyl (C=O) groups excluding carboxylic acids is 1. The van der Waals surface area contributed by atoms with E-state index in [9.17, 15) is 4.79 Å². The predicted molar refractivity (Wildman–Crippen MR) is 89.8 cm³/mol. The van der Waals surface area contributed by atoms with Gasteiger partial charge in [0.05, 0.1) is 5.69 Å². The number of carbonyl (C=O) groups is 1. The van der Waals surface area contributed by atoms with Gasteiger partial charge >= 0.3 is 0 Å². The number of rotatable bonds is 2. The Bertz CT molecular complexity index is 736. The molecule has 0 saturated carbocycles. The Morgan fingerprint density at radius 1 is 1.30 bits per heavy atom. The zero-order valence-corrected chi connectivity index (χ0v) is 14.3. The number of aromatic nitrogens is 1. The van der Waals surface area contributed by atoms with Gasteiger partial charge in [-0.15, -0.1) is 11.3 Å². The Hall–Kier alpha value is -1.66. The fourth-order valence-corrected chi connectivity index (χ4v) is 4.52. The molecule has 1 amide bonds. The van der Waals surface area contributed by atoms with Crippen molar-refractivity contribution in [1.29, 1.82) is 0 Å². The van der Waals surface area contributed by atoms with Crippen LogP contribution in [0.15, 0.2) is 16.5 Å². The van der Waals surface area contributed by atoms with Crippen LogP contribution in [0.4, 0.5) is 0 Å². The Morgan fingerprint density at radius 3 is 2.91 bits per heavy atom. The lowest BCUT2D eigenvalue weighted by Gasteiger charge is -2.23. The molecule has 2 atom stereocenters. The number of nitrogens with zero attached hydrogens (tertiary/aromatic N) is 2. The molecule has 6 heteroatoms. The van der Waals surface area contributed by atoms with Crippen LogP contribution < -0.4 is 5.32 Å². The lowest BCUT2D eigenvalue weighted by Crippen LogP contribution is -2.39. The average Bonchev–Trinajstić information content (AvgIpc) is 3.18. The molecule has 2 aliphatic heterocycles. The van der Waals surface area contributed by atoms with Crippen LogP contribution in [0.25, 0.3) is 10.8 Å². The number of nitrogens with one attached hydrogen (secondary N) is 1. The van der Waals surface area contributed by atoms with Gasteiger partial charge in [-0.1, -0.05) is 0 Å². The standard InChI is InChI=1S/C17H21N3O2S/c1-10-3-6-14(22-10)16-18-11(2)15(23-16)17(21)20-8-7-12-4-5-13(9-20)19-12/h3,6,12-13,19H,4-5,7-9H2,1-2H3. The fraction of sp³-hybridized carbons (Fsp3) is 0.529. The lowest BCUT2D eigenvalue weighted by molar-refractivity contribution is 0.0752. The molecule has 4 heterocycles. The SMILES string of the molecule is Cc1ccc(-c2nc(C)c(C(=O)N3CCC4CCC(C3)N4)s2)o1. The third-order valence-electron chi connectivity index (χ3n) is 4.75. The van der Waals surface area contributed by atoms with E-state index in [1.54, 1.807) is 0 Å². The molecule has 0 aliphatic carbocycles. The summed E-state index contributed by atoms with van der Waals surface area (Å²) in [6.07, 6.45) is 3.46. The van der Waals surface area contributed by atoms with Crippen molar-refractivity contribution < 1.29 is 9.21 Å². The number of aryl methyl sites for hydroxylation is 2. The molecule has 2 unspecified atom stereocenters. The zero-order valence-electron chi connectivity index (χ0n) is 13.5. The lowest BCUT2D eigenvalue weighted by atomic mass is 10.1. The maximum Gasteiger partial charge on any atom is 0.265 e. The molecule has 122 valence electrons. The number of thiazole rings is 1. The molecule has 2 aromatic heterocycles. The van der Waals surface area contributed by atoms with Gasteiger partial charge < -0.3 is 14.6 Å². The van der Waals surface area contributed by atoms with E-state index in [-0.39, 0.29) is 5.91 Å². The fourth-order valence-electron chi connectivity index (χ4n) is 3.52. The van der Waals surface area contributed by atoms with Crippen molar-refractivity contribution in [3.8, 4) is 10.8 Å². The molecule has 23 heavy (non-hydrogen) atoms. The quantitative estimate of drug-likeness (QED) is 0.919. The first kappa shape index (κ1) is 14.9. The topological polar surface area (TPSA) is 58.4 Å². The third kappa shape index (κ3) is 2.81. The third-order valence-corrected chi connectivity index (χ3v) is 5.91. The molecule has 0 radical (unpaired) electrons. The molecular formula is C17H21N3O2S. The minimum atomic E-state index is 0.115. The highest BCUT2D eigenvalue weighted by Gasteiger charge is 2.32. The molecule has 0 spiro atoms. The van der Waals surface area contributed by atoms with Gasteiger partial charge in [-0.05, 0) is 45.2 Å². The molecule has 2 aliphatic rings. The van der Waals surface area contributed by atoms with E-state index < -0.39 is 0 Å². The highest BCUT2D eigenvalue weighted by molar-refractivity contribution is 7.17. The van der Waals surface area contributed by atoms with Crippen molar-refractivity contribution in [3.05, 3.63) is 28.5 Å². The van der Waals surface area contributed by atoms with Gasteiger partial charge in [0.1, 0.15) is 10.6 Å². The monoisotopic (exact) mass is 331 g/mol. The van der Waals surface area contributed by atoms with E-state index in [2.05, 4.69) is 10.3 Å². The number of likely N-dealkylation sites (tertiary alicyclic amines) is 1. The summed E-state index contributed by atoms with van der Waals surface area (Å²) in [5.41, 5.74) is 0.798. The minimum Gasteiger partial charge on any atom is -0.459 e. The Kier molecular flexibility index (Phi) is 3.73. The molecule has 4 rings (SSSR count). The maximum absolute atomic E-state index is 12.9. The number of hydrogen-bond donors (Lipinski definition) is 1. The summed E-state index contributed by atoms with van der Waals surface area (Å²) < 4.78 is 5.64. The van der Waals surface area contributed by atoms with Crippen LogP contribution in [0.3, 0.4) is 0 Å². The maximum atomic E-state index is 12.9. The summed E-state index contributed by atoms with van der Waals surface area (Å²) >= 11 is 1.44. The summed E-state index contributed by atoms with van der Waals surface area (Å²) in [6, 6.07) is 4.87. The molecule has 2 bridgehead atoms. The van der Waals surface area contributed by atoms with Crippen LogP contribution in [-0.4, -0.2) is 41.0 Å². The number of furan rings is 1. The molecule has 1 N–H and O–H groups in total. The molecular weight excluding hydrogens is 310 g/mol. The van der Waals surface area contributed by atoms with E-state index in [0.29, 0.717) is 12.1 Å². The van der Waals surface area contributed by atoms with Crippen molar-refractivity contribution in [1.82, 2.24) is 15.2 Å². The average molecular weight is 331 g/mol. The highest BCUT2D eigenvalue weighted by atomic mass is 32.1. The van der Waals surface area contributed by atoms with Gasteiger partial charge in [-0.2, -0.15) is 0 Å². The molecule has 2 saturated heterocycles. The second-order valence-electron chi connectivity index (χ2n) is 6.52. The van der Waals surface area contributed by atoms with Crippen molar-refractivity contribution >= 4 is 17.2 Å². The second kappa shape index (κ2) is 5.76. The van der Waals surface area contributed by atoms with Gasteiger partial charge in [0, 0.05) is 25.2 Å². The van der Waals surface area contributed by atoms with Crippen molar-refractivity contribution in [2.24, 2.45) is 0 Å². The smallest absolute Gasteiger partial charge is 0.265 e. The molecule has 2 aromatic rings. The van der Waals surface area contributed by atoms with Gasteiger partial charge in [0.2, 0.25) is 0 Å². The Morgan fingerprint density at radius 2 is 2.13 bits per heavy atom. The molecule has 5 nitrogen and oxygen atoms in total. The van der Waals surface area contributed by atoms with Crippen molar-refractivity contribution in [3.63, 3.8) is 0 Å². The van der Waals surface area contributed by atoms with Crippen LogP contribution in [0.1, 0.15) is 40.4 Å². The van der Waals surface area contributed by atoms with Crippen LogP contribution in [0, 0.1) is 13.8 Å². The van der Waals surface area contributed by atoms with Crippen molar-refractivity contribution in [2.75, 3.05) is 13.1 Å². The Balaban J connectivity index is 1.57. The first-order valence-electron chi connectivity index (χ1n) is 8.19. The summed E-state index contributed by atoms with van der Waals surface area (Å²) in [7, 11) is 0. The summed E-state index contributed by atoms with van der Waals surface area (Å²) in [5.74, 6) is 1.71. The predicted octanol–water partition coefficient (Wildman–Crippen LogP) is 2.99. The van der Waals surface area contributed by atoms with Crippen LogP contribution in [-0.2, 0) is 0 Å². The van der Waals surface area contributed by atoms with Crippen LogP contribution in [0.5, 0.6) is 0 Å². The minimum absolute atomic E-state index is 0.115. The van der Waals surface area contributed by atoms with Gasteiger partial charge in [0.25, 0.3) is 5.91 Å². The van der Waals surface area contributed by atoms with Crippen LogP contribution in [0.2, 0.25) is 0 Å². The molecule has 0 aromatic carbocycles. The van der Waals surface area contributed by atoms with Gasteiger partial charge in [0.15, 0.2) is 10.8 Å². The normalized spacial score (nSPS) is 24.0. The van der Waals surface area contributed by atoms with Gasteiger partial charge in [-0.3, -0.25) is 4.79 Å². The van der Waals surface area contributed by atoms with E-state index in [0.717, 1.165) is 46.6 Å². The summed E-state index contributed by atoms with van der Waals surface area (Å²) in [6.45, 7) is 5.46. The van der Waals surface area contributed by atoms with Gasteiger partial charge in [-0.25, -0.2) is 4.98 Å². The first-order chi connectivity index (χ1) is 11.1. The summed E-state index contributed by atoms with van der Waals surface area (Å²) in [5, 5.41) is 4.40. The van der Waals surface area contributed by atoms with E-state index >= 15 is 0 Å². The van der Waals surface area contributed by atoms with Crippen molar-refractivity contribution in [2.45, 2.75) is 45.2 Å². The number of amides is 1. The molecule has 2 fully saturated rings. The van der Waals surface area contributed by atoms with Crippen LogP contribution >= 0.6 is 11.3 Å². The highest BCUT2D eigenvalue weighted by Crippen LogP contribution is 2.31. The Labute approximate surface area is 139 Å². The van der Waals surface area contributed by atoms with E-state index in [1.165, 1.54) is 24.2 Å². The number of fused-ring (bicyclic) bond motifs is 2. The van der Waals surface area contributed by atoms with E-state index in [1.807, 2.05) is 30.9 Å². The zero-order chi connectivity index (χ0) is 16.0. The second-order valence-corrected chi connectivity index (χ2v) is 7.52.